The van der Waals surface area contributed by atoms with Crippen LogP contribution in [0.4, 0.5) is 17.3 Å². The van der Waals surface area contributed by atoms with Crippen molar-refractivity contribution in [3.8, 4) is 0 Å². The molecule has 1 aliphatic rings. The summed E-state index contributed by atoms with van der Waals surface area (Å²) in [6.07, 6.45) is 0.170. The van der Waals surface area contributed by atoms with E-state index in [4.69, 9.17) is 11.6 Å². The Morgan fingerprint density at radius 3 is 2.33 bits per heavy atom. The van der Waals surface area contributed by atoms with Crippen LogP contribution in [0.2, 0.25) is 5.02 Å². The molecule has 0 spiro atoms. The molecule has 7 nitrogen and oxygen atoms in total. The molecule has 1 saturated heterocycles. The van der Waals surface area contributed by atoms with Gasteiger partial charge in [0, 0.05) is 37.8 Å². The summed E-state index contributed by atoms with van der Waals surface area (Å²) in [7, 11) is 3.73. The Hall–Kier alpha value is -2.67. The zero-order chi connectivity index (χ0) is 19.7. The van der Waals surface area contributed by atoms with Crippen molar-refractivity contribution < 1.29 is 9.59 Å². The molecule has 1 aliphatic heterocycles. The maximum absolute atomic E-state index is 12.7. The van der Waals surface area contributed by atoms with Crippen LogP contribution < -0.4 is 15.1 Å². The quantitative estimate of drug-likeness (QED) is 0.872. The summed E-state index contributed by atoms with van der Waals surface area (Å²) >= 11 is 5.90. The largest absolute Gasteiger partial charge is 0.347 e. The van der Waals surface area contributed by atoms with E-state index in [9.17, 15) is 9.59 Å². The van der Waals surface area contributed by atoms with E-state index < -0.39 is 5.92 Å². The van der Waals surface area contributed by atoms with Crippen LogP contribution in [-0.4, -0.2) is 42.4 Å². The Balaban J connectivity index is 1.74. The fourth-order valence-electron chi connectivity index (χ4n) is 3.06. The Morgan fingerprint density at radius 1 is 1.19 bits per heavy atom. The number of hydrogen-bond acceptors (Lipinski definition) is 5. The minimum atomic E-state index is -0.430. The predicted molar refractivity (Wildman–Crippen MR) is 106 cm³/mol. The first-order valence-corrected chi connectivity index (χ1v) is 9.03. The summed E-state index contributed by atoms with van der Waals surface area (Å²) in [6, 6.07) is 7.02. The molecule has 1 aromatic heterocycles. The van der Waals surface area contributed by atoms with E-state index in [1.165, 1.54) is 0 Å². The van der Waals surface area contributed by atoms with Crippen LogP contribution in [0.25, 0.3) is 0 Å². The molecule has 1 N–H and O–H groups in total. The lowest BCUT2D eigenvalue weighted by atomic mass is 10.1. The van der Waals surface area contributed by atoms with Crippen LogP contribution in [0.1, 0.15) is 17.8 Å². The van der Waals surface area contributed by atoms with Crippen LogP contribution in [0.15, 0.2) is 24.3 Å². The van der Waals surface area contributed by atoms with Crippen LogP contribution in [0.5, 0.6) is 0 Å². The van der Waals surface area contributed by atoms with Gasteiger partial charge in [-0.15, -0.1) is 0 Å². The number of aryl methyl sites for hydroxylation is 2. The number of carbonyl (C=O) groups is 2. The second-order valence-electron chi connectivity index (χ2n) is 6.83. The van der Waals surface area contributed by atoms with Gasteiger partial charge < -0.3 is 15.1 Å². The number of aromatic nitrogens is 2. The summed E-state index contributed by atoms with van der Waals surface area (Å²) in [5, 5.41) is 3.51. The zero-order valence-electron chi connectivity index (χ0n) is 15.8. The van der Waals surface area contributed by atoms with Gasteiger partial charge in [0.25, 0.3) is 0 Å². The predicted octanol–water partition coefficient (Wildman–Crippen LogP) is 2.80. The van der Waals surface area contributed by atoms with Gasteiger partial charge in [0.05, 0.1) is 23.0 Å². The topological polar surface area (TPSA) is 78.4 Å². The van der Waals surface area contributed by atoms with E-state index >= 15 is 0 Å². The third-order valence-corrected chi connectivity index (χ3v) is 4.79. The van der Waals surface area contributed by atoms with Gasteiger partial charge in [-0.1, -0.05) is 11.6 Å². The van der Waals surface area contributed by atoms with E-state index in [2.05, 4.69) is 15.3 Å². The molecule has 1 atom stereocenters. The Kier molecular flexibility index (Phi) is 5.32. The number of halogens is 1. The monoisotopic (exact) mass is 387 g/mol. The molecule has 0 saturated carbocycles. The van der Waals surface area contributed by atoms with Crippen LogP contribution in [0.3, 0.4) is 0 Å². The standard InChI is InChI=1S/C19H22ClN5O2/c1-11-17(12(2)22-19(21-11)24(3)4)23-18(27)13-9-16(26)25(10-13)15-7-5-14(20)6-8-15/h5-8,13H,9-10H2,1-4H3,(H,23,27). The highest BCUT2D eigenvalue weighted by molar-refractivity contribution is 6.30. The highest BCUT2D eigenvalue weighted by Crippen LogP contribution is 2.28. The van der Waals surface area contributed by atoms with Crippen LogP contribution >= 0.6 is 11.6 Å². The molecule has 0 aliphatic carbocycles. The maximum atomic E-state index is 12.7. The number of nitrogens with one attached hydrogen (secondary N) is 1. The Bertz CT molecular complexity index is 859. The van der Waals surface area contributed by atoms with Gasteiger partial charge in [-0.05, 0) is 38.1 Å². The SMILES string of the molecule is Cc1nc(N(C)C)nc(C)c1NC(=O)C1CC(=O)N(c2ccc(Cl)cc2)C1. The molecule has 0 bridgehead atoms. The molecular formula is C19H22ClN5O2. The molecular weight excluding hydrogens is 366 g/mol. The molecule has 1 aromatic carbocycles. The fourth-order valence-corrected chi connectivity index (χ4v) is 3.18. The van der Waals surface area contributed by atoms with Gasteiger partial charge >= 0.3 is 0 Å². The van der Waals surface area contributed by atoms with E-state index in [1.807, 2.05) is 32.8 Å². The third kappa shape index (κ3) is 4.03. The number of rotatable bonds is 4. The van der Waals surface area contributed by atoms with Gasteiger partial charge in [0.2, 0.25) is 17.8 Å². The fraction of sp³-hybridized carbons (Fsp3) is 0.368. The zero-order valence-corrected chi connectivity index (χ0v) is 16.5. The molecule has 2 heterocycles. The van der Waals surface area contributed by atoms with Crippen molar-refractivity contribution in [3.63, 3.8) is 0 Å². The molecule has 3 rings (SSSR count). The summed E-state index contributed by atoms with van der Waals surface area (Å²) in [5.41, 5.74) is 2.73. The molecule has 2 amide bonds. The minimum absolute atomic E-state index is 0.0786. The molecule has 0 radical (unpaired) electrons. The average Bonchev–Trinajstić information content (AvgIpc) is 3.00. The van der Waals surface area contributed by atoms with Gasteiger partial charge in [0.1, 0.15) is 0 Å². The first-order chi connectivity index (χ1) is 12.8. The lowest BCUT2D eigenvalue weighted by Crippen LogP contribution is -2.28. The average molecular weight is 388 g/mol. The normalized spacial score (nSPS) is 16.6. The van der Waals surface area contributed by atoms with Crippen molar-refractivity contribution in [1.29, 1.82) is 0 Å². The molecule has 1 unspecified atom stereocenters. The number of hydrogen-bond donors (Lipinski definition) is 1. The molecule has 142 valence electrons. The Labute approximate surface area is 163 Å². The number of nitrogens with zero attached hydrogens (tertiary/aromatic N) is 4. The number of anilines is 3. The second-order valence-corrected chi connectivity index (χ2v) is 7.27. The third-order valence-electron chi connectivity index (χ3n) is 4.54. The van der Waals surface area contributed by atoms with Gasteiger partial charge in [-0.3, -0.25) is 9.59 Å². The van der Waals surface area contributed by atoms with Crippen molar-refractivity contribution >= 4 is 40.7 Å². The number of carbonyl (C=O) groups excluding carboxylic acids is 2. The first kappa shape index (κ1) is 19.1. The summed E-state index contributed by atoms with van der Waals surface area (Å²) < 4.78 is 0. The number of benzene rings is 1. The van der Waals surface area contributed by atoms with Crippen molar-refractivity contribution in [2.75, 3.05) is 35.8 Å². The lowest BCUT2D eigenvalue weighted by Gasteiger charge is -2.18. The van der Waals surface area contributed by atoms with Crippen molar-refractivity contribution in [2.45, 2.75) is 20.3 Å². The highest BCUT2D eigenvalue weighted by atomic mass is 35.5. The van der Waals surface area contributed by atoms with Crippen molar-refractivity contribution in [3.05, 3.63) is 40.7 Å². The maximum Gasteiger partial charge on any atom is 0.229 e. The van der Waals surface area contributed by atoms with E-state index in [-0.39, 0.29) is 18.2 Å². The second kappa shape index (κ2) is 7.52. The van der Waals surface area contributed by atoms with Gasteiger partial charge in [-0.2, -0.15) is 0 Å². The van der Waals surface area contributed by atoms with E-state index in [1.54, 1.807) is 29.2 Å². The van der Waals surface area contributed by atoms with Gasteiger partial charge in [0.15, 0.2) is 0 Å². The van der Waals surface area contributed by atoms with Crippen LogP contribution in [0, 0.1) is 19.8 Å². The lowest BCUT2D eigenvalue weighted by molar-refractivity contribution is -0.122. The molecule has 8 heteroatoms. The first-order valence-electron chi connectivity index (χ1n) is 8.65. The molecule has 27 heavy (non-hydrogen) atoms. The van der Waals surface area contributed by atoms with Crippen molar-refractivity contribution in [2.24, 2.45) is 5.92 Å². The molecule has 2 aromatic rings. The smallest absolute Gasteiger partial charge is 0.229 e. The summed E-state index contributed by atoms with van der Waals surface area (Å²) in [4.78, 5) is 37.3. The van der Waals surface area contributed by atoms with E-state index in [0.29, 0.717) is 34.6 Å². The highest BCUT2D eigenvalue weighted by Gasteiger charge is 2.35. The minimum Gasteiger partial charge on any atom is -0.347 e. The van der Waals surface area contributed by atoms with Gasteiger partial charge in [-0.25, -0.2) is 9.97 Å². The summed E-state index contributed by atoms with van der Waals surface area (Å²) in [6.45, 7) is 4.00. The van der Waals surface area contributed by atoms with Crippen molar-refractivity contribution in [1.82, 2.24) is 9.97 Å². The molecule has 1 fully saturated rings. The van der Waals surface area contributed by atoms with E-state index in [0.717, 1.165) is 5.69 Å². The summed E-state index contributed by atoms with van der Waals surface area (Å²) in [5.74, 6) is -0.120. The Morgan fingerprint density at radius 2 is 1.78 bits per heavy atom. The number of amides is 2. The van der Waals surface area contributed by atoms with Crippen LogP contribution in [-0.2, 0) is 9.59 Å².